The molecule has 1 aromatic carbocycles. The number of hydrogen-bond acceptors (Lipinski definition) is 8. The first kappa shape index (κ1) is 19.7. The van der Waals surface area contributed by atoms with Crippen LogP contribution >= 0.6 is 22.9 Å². The largest absolute Gasteiger partial charge is 0.493 e. The maximum atomic E-state index is 12.1. The highest BCUT2D eigenvalue weighted by Crippen LogP contribution is 2.38. The molecule has 0 fully saturated rings. The van der Waals surface area contributed by atoms with E-state index in [1.807, 2.05) is 0 Å². The third-order valence-electron chi connectivity index (χ3n) is 3.55. The Kier molecular flexibility index (Phi) is 6.17. The van der Waals surface area contributed by atoms with E-state index in [1.165, 1.54) is 38.7 Å². The van der Waals surface area contributed by atoms with Crippen LogP contribution in [0, 0.1) is 0 Å². The monoisotopic (exact) mass is 421 g/mol. The van der Waals surface area contributed by atoms with E-state index in [9.17, 15) is 4.79 Å². The first-order valence-electron chi connectivity index (χ1n) is 7.92. The Morgan fingerprint density at radius 2 is 1.86 bits per heavy atom. The molecule has 0 radical (unpaired) electrons. The van der Waals surface area contributed by atoms with E-state index >= 15 is 0 Å². The average molecular weight is 422 g/mol. The van der Waals surface area contributed by atoms with Gasteiger partial charge in [-0.15, -0.1) is 16.4 Å². The summed E-state index contributed by atoms with van der Waals surface area (Å²) < 4.78 is 21.9. The number of hydrogen-bond donors (Lipinski definition) is 1. The van der Waals surface area contributed by atoms with Crippen molar-refractivity contribution in [2.24, 2.45) is 0 Å². The number of carbonyl (C=O) groups is 1. The Morgan fingerprint density at radius 1 is 1.14 bits per heavy atom. The fourth-order valence-electron chi connectivity index (χ4n) is 2.32. The van der Waals surface area contributed by atoms with E-state index < -0.39 is 5.91 Å². The third kappa shape index (κ3) is 4.44. The number of benzene rings is 1. The van der Waals surface area contributed by atoms with Crippen LogP contribution in [-0.4, -0.2) is 37.4 Å². The predicted molar refractivity (Wildman–Crippen MR) is 106 cm³/mol. The average Bonchev–Trinajstić information content (AvgIpc) is 3.34. The fourth-order valence-corrected chi connectivity index (χ4v) is 3.28. The number of halogens is 1. The lowest BCUT2D eigenvalue weighted by molar-refractivity contribution is -0.112. The van der Waals surface area contributed by atoms with E-state index in [-0.39, 0.29) is 11.9 Å². The molecule has 0 atom stereocenters. The van der Waals surface area contributed by atoms with Crippen molar-refractivity contribution >= 4 is 40.9 Å². The SMILES string of the molecule is COc1cc(/C=C/C(=O)Nc2nnc(-c3ccc(Cl)s3)o2)cc(OC)c1OC. The van der Waals surface area contributed by atoms with Crippen LogP contribution in [0.1, 0.15) is 5.56 Å². The zero-order valence-electron chi connectivity index (χ0n) is 15.2. The van der Waals surface area contributed by atoms with Crippen LogP contribution in [0.4, 0.5) is 6.01 Å². The van der Waals surface area contributed by atoms with Gasteiger partial charge < -0.3 is 18.6 Å². The predicted octanol–water partition coefficient (Wildman–Crippen LogP) is 4.13. The zero-order valence-corrected chi connectivity index (χ0v) is 16.8. The Bertz CT molecular complexity index is 989. The van der Waals surface area contributed by atoms with Crippen molar-refractivity contribution in [3.8, 4) is 28.0 Å². The molecular formula is C18H16ClN3O5S. The number of amides is 1. The molecule has 2 aromatic heterocycles. The minimum absolute atomic E-state index is 0.0148. The molecular weight excluding hydrogens is 406 g/mol. The van der Waals surface area contributed by atoms with Crippen LogP contribution in [0.5, 0.6) is 17.2 Å². The first-order valence-corrected chi connectivity index (χ1v) is 9.11. The standard InChI is InChI=1S/C18H16ClN3O5S/c1-24-11-8-10(9-12(25-2)16(11)26-3)4-7-15(23)20-18-22-21-17(27-18)13-5-6-14(19)28-13/h4-9H,1-3H3,(H,20,22,23)/b7-4+. The van der Waals surface area contributed by atoms with Crippen molar-refractivity contribution in [3.63, 3.8) is 0 Å². The molecule has 1 amide bonds. The number of nitrogens with zero attached hydrogens (tertiary/aromatic N) is 2. The van der Waals surface area contributed by atoms with Gasteiger partial charge in [-0.2, -0.15) is 0 Å². The molecule has 3 rings (SSSR count). The molecule has 28 heavy (non-hydrogen) atoms. The quantitative estimate of drug-likeness (QED) is 0.573. The van der Waals surface area contributed by atoms with Crippen molar-refractivity contribution in [3.05, 3.63) is 40.2 Å². The highest BCUT2D eigenvalue weighted by Gasteiger charge is 2.13. The van der Waals surface area contributed by atoms with Gasteiger partial charge in [0.1, 0.15) is 0 Å². The lowest BCUT2D eigenvalue weighted by Crippen LogP contribution is -2.07. The van der Waals surface area contributed by atoms with Crippen molar-refractivity contribution in [1.29, 1.82) is 0 Å². The van der Waals surface area contributed by atoms with Crippen LogP contribution in [-0.2, 0) is 4.79 Å². The second-order valence-electron chi connectivity index (χ2n) is 5.30. The summed E-state index contributed by atoms with van der Waals surface area (Å²) in [7, 11) is 4.56. The molecule has 0 saturated carbocycles. The van der Waals surface area contributed by atoms with Gasteiger partial charge in [0.05, 0.1) is 30.5 Å². The number of nitrogens with one attached hydrogen (secondary N) is 1. The first-order chi connectivity index (χ1) is 13.5. The molecule has 2 heterocycles. The van der Waals surface area contributed by atoms with E-state index in [4.69, 9.17) is 30.2 Å². The molecule has 3 aromatic rings. The van der Waals surface area contributed by atoms with Crippen LogP contribution in [0.3, 0.4) is 0 Å². The van der Waals surface area contributed by atoms with Crippen LogP contribution in [0.2, 0.25) is 4.34 Å². The molecule has 8 nitrogen and oxygen atoms in total. The number of methoxy groups -OCH3 is 3. The minimum atomic E-state index is -0.437. The topological polar surface area (TPSA) is 95.7 Å². The molecule has 1 N–H and O–H groups in total. The molecule has 0 aliphatic rings. The molecule has 0 saturated heterocycles. The number of carbonyl (C=O) groups excluding carboxylic acids is 1. The lowest BCUT2D eigenvalue weighted by Gasteiger charge is -2.12. The summed E-state index contributed by atoms with van der Waals surface area (Å²) in [5.41, 5.74) is 0.684. The number of rotatable bonds is 7. The highest BCUT2D eigenvalue weighted by molar-refractivity contribution is 7.19. The van der Waals surface area contributed by atoms with Crippen LogP contribution in [0.15, 0.2) is 34.8 Å². The summed E-state index contributed by atoms with van der Waals surface area (Å²) in [4.78, 5) is 12.9. The Labute approximate surface area is 169 Å². The van der Waals surface area contributed by atoms with Crippen LogP contribution < -0.4 is 19.5 Å². The molecule has 0 bridgehead atoms. The number of ether oxygens (including phenoxy) is 3. The molecule has 0 unspecified atom stereocenters. The maximum absolute atomic E-state index is 12.1. The number of anilines is 1. The Hall–Kier alpha value is -3.04. The van der Waals surface area contributed by atoms with Gasteiger partial charge in [-0.05, 0) is 35.9 Å². The number of aromatic nitrogens is 2. The molecule has 10 heteroatoms. The van der Waals surface area contributed by atoms with Crippen molar-refractivity contribution in [1.82, 2.24) is 10.2 Å². The smallest absolute Gasteiger partial charge is 0.322 e. The fraction of sp³-hybridized carbons (Fsp3) is 0.167. The zero-order chi connectivity index (χ0) is 20.1. The van der Waals surface area contributed by atoms with E-state index in [0.29, 0.717) is 32.0 Å². The lowest BCUT2D eigenvalue weighted by atomic mass is 10.1. The van der Waals surface area contributed by atoms with Gasteiger partial charge in [0.15, 0.2) is 11.5 Å². The summed E-state index contributed by atoms with van der Waals surface area (Å²) in [5.74, 6) is 1.28. The second kappa shape index (κ2) is 8.77. The van der Waals surface area contributed by atoms with Gasteiger partial charge in [0.2, 0.25) is 5.75 Å². The van der Waals surface area contributed by atoms with Crippen molar-refractivity contribution < 1.29 is 23.4 Å². The van der Waals surface area contributed by atoms with E-state index in [0.717, 1.165) is 0 Å². The molecule has 0 aliphatic heterocycles. The van der Waals surface area contributed by atoms with Crippen molar-refractivity contribution in [2.45, 2.75) is 0 Å². The van der Waals surface area contributed by atoms with Crippen LogP contribution in [0.25, 0.3) is 16.8 Å². The summed E-state index contributed by atoms with van der Waals surface area (Å²) in [6.07, 6.45) is 2.92. The minimum Gasteiger partial charge on any atom is -0.493 e. The van der Waals surface area contributed by atoms with Gasteiger partial charge in [0, 0.05) is 6.08 Å². The van der Waals surface area contributed by atoms with Crippen molar-refractivity contribution in [2.75, 3.05) is 26.6 Å². The third-order valence-corrected chi connectivity index (χ3v) is 4.77. The summed E-state index contributed by atoms with van der Waals surface area (Å²) in [6, 6.07) is 6.91. The summed E-state index contributed by atoms with van der Waals surface area (Å²) in [6.45, 7) is 0. The van der Waals surface area contributed by atoms with Gasteiger partial charge in [-0.3, -0.25) is 10.1 Å². The normalized spacial score (nSPS) is 10.9. The van der Waals surface area contributed by atoms with Gasteiger partial charge in [-0.1, -0.05) is 16.7 Å². The van der Waals surface area contributed by atoms with Gasteiger partial charge >= 0.3 is 6.01 Å². The Morgan fingerprint density at radius 3 is 2.43 bits per heavy atom. The molecule has 146 valence electrons. The maximum Gasteiger partial charge on any atom is 0.322 e. The van der Waals surface area contributed by atoms with Gasteiger partial charge in [0.25, 0.3) is 11.8 Å². The summed E-state index contributed by atoms with van der Waals surface area (Å²) >= 11 is 7.19. The second-order valence-corrected chi connectivity index (χ2v) is 7.01. The summed E-state index contributed by atoms with van der Waals surface area (Å²) in [5, 5.41) is 10.2. The number of thiophene rings is 1. The molecule has 0 aliphatic carbocycles. The van der Waals surface area contributed by atoms with Gasteiger partial charge in [-0.25, -0.2) is 0 Å². The highest BCUT2D eigenvalue weighted by atomic mass is 35.5. The molecule has 0 spiro atoms. The van der Waals surface area contributed by atoms with E-state index in [2.05, 4.69) is 15.5 Å². The van der Waals surface area contributed by atoms with E-state index in [1.54, 1.807) is 30.3 Å². The Balaban J connectivity index is 1.71.